The highest BCUT2D eigenvalue weighted by molar-refractivity contribution is 5.68. The summed E-state index contributed by atoms with van der Waals surface area (Å²) in [5, 5.41) is 14.1. The van der Waals surface area contributed by atoms with Crippen LogP contribution in [0, 0.1) is 6.92 Å². The number of aryl methyl sites for hydroxylation is 1. The SMILES string of the molecule is COc1cccc(-c2nc(-c3ccc(C)cc3)no2)c1O. The number of methoxy groups -OCH3 is 1. The number of hydrogen-bond donors (Lipinski definition) is 1. The average molecular weight is 282 g/mol. The topological polar surface area (TPSA) is 68.4 Å². The second-order valence-corrected chi connectivity index (χ2v) is 4.65. The van der Waals surface area contributed by atoms with E-state index in [1.54, 1.807) is 18.2 Å². The average Bonchev–Trinajstić information content (AvgIpc) is 2.98. The summed E-state index contributed by atoms with van der Waals surface area (Å²) in [6.07, 6.45) is 0. The third-order valence-corrected chi connectivity index (χ3v) is 3.19. The van der Waals surface area contributed by atoms with Crippen LogP contribution in [-0.2, 0) is 0 Å². The van der Waals surface area contributed by atoms with Gasteiger partial charge >= 0.3 is 0 Å². The van der Waals surface area contributed by atoms with Gasteiger partial charge in [-0.3, -0.25) is 0 Å². The van der Waals surface area contributed by atoms with E-state index >= 15 is 0 Å². The van der Waals surface area contributed by atoms with Crippen LogP contribution in [-0.4, -0.2) is 22.4 Å². The Labute approximate surface area is 121 Å². The summed E-state index contributed by atoms with van der Waals surface area (Å²) in [7, 11) is 1.49. The molecule has 0 bridgehead atoms. The van der Waals surface area contributed by atoms with Gasteiger partial charge in [0.2, 0.25) is 5.82 Å². The lowest BCUT2D eigenvalue weighted by Gasteiger charge is -2.04. The third-order valence-electron chi connectivity index (χ3n) is 3.19. The van der Waals surface area contributed by atoms with Crippen LogP contribution in [0.4, 0.5) is 0 Å². The van der Waals surface area contributed by atoms with Gasteiger partial charge in [-0.05, 0) is 19.1 Å². The molecular weight excluding hydrogens is 268 g/mol. The first-order chi connectivity index (χ1) is 10.2. The molecule has 1 aromatic heterocycles. The highest BCUT2D eigenvalue weighted by atomic mass is 16.5. The van der Waals surface area contributed by atoms with Crippen molar-refractivity contribution < 1.29 is 14.4 Å². The van der Waals surface area contributed by atoms with Crippen molar-refractivity contribution in [2.45, 2.75) is 6.92 Å². The maximum Gasteiger partial charge on any atom is 0.262 e. The van der Waals surface area contributed by atoms with Crippen molar-refractivity contribution in [3.63, 3.8) is 0 Å². The summed E-state index contributed by atoms with van der Waals surface area (Å²) in [4.78, 5) is 4.32. The van der Waals surface area contributed by atoms with Gasteiger partial charge < -0.3 is 14.4 Å². The summed E-state index contributed by atoms with van der Waals surface area (Å²) in [5.41, 5.74) is 2.46. The van der Waals surface area contributed by atoms with Crippen molar-refractivity contribution in [3.8, 4) is 34.3 Å². The molecule has 1 heterocycles. The van der Waals surface area contributed by atoms with Crippen molar-refractivity contribution in [2.75, 3.05) is 7.11 Å². The van der Waals surface area contributed by atoms with Crippen LogP contribution in [0.1, 0.15) is 5.56 Å². The fraction of sp³-hybridized carbons (Fsp3) is 0.125. The monoisotopic (exact) mass is 282 g/mol. The second kappa shape index (κ2) is 5.28. The fourth-order valence-corrected chi connectivity index (χ4v) is 2.01. The van der Waals surface area contributed by atoms with Crippen LogP contribution in [0.3, 0.4) is 0 Å². The molecule has 0 aliphatic carbocycles. The molecule has 0 aliphatic rings. The molecule has 3 rings (SSSR count). The van der Waals surface area contributed by atoms with E-state index < -0.39 is 0 Å². The van der Waals surface area contributed by atoms with E-state index in [9.17, 15) is 5.11 Å². The number of benzene rings is 2. The molecule has 5 nitrogen and oxygen atoms in total. The Balaban J connectivity index is 2.00. The largest absolute Gasteiger partial charge is 0.504 e. The van der Waals surface area contributed by atoms with Gasteiger partial charge in [0.25, 0.3) is 5.89 Å². The molecule has 106 valence electrons. The number of nitrogens with zero attached hydrogens (tertiary/aromatic N) is 2. The van der Waals surface area contributed by atoms with Crippen LogP contribution < -0.4 is 4.74 Å². The van der Waals surface area contributed by atoms with Gasteiger partial charge in [-0.25, -0.2) is 0 Å². The molecule has 0 saturated heterocycles. The number of phenolic OH excluding ortho intramolecular Hbond substituents is 1. The molecule has 2 aromatic carbocycles. The number of ether oxygens (including phenoxy) is 1. The Morgan fingerprint density at radius 1 is 1.10 bits per heavy atom. The number of hydrogen-bond acceptors (Lipinski definition) is 5. The molecule has 0 aliphatic heterocycles. The standard InChI is InChI=1S/C16H14N2O3/c1-10-6-8-11(9-7-10)15-17-16(21-18-15)12-4-3-5-13(20-2)14(12)19/h3-9,19H,1-2H3. The van der Waals surface area contributed by atoms with Crippen LogP contribution in [0.25, 0.3) is 22.8 Å². The van der Waals surface area contributed by atoms with Crippen LogP contribution in [0.5, 0.6) is 11.5 Å². The minimum atomic E-state index is -0.0147. The third kappa shape index (κ3) is 2.45. The molecule has 0 spiro atoms. The van der Waals surface area contributed by atoms with Gasteiger partial charge in [-0.1, -0.05) is 41.1 Å². The Bertz CT molecular complexity index is 763. The molecule has 0 fully saturated rings. The summed E-state index contributed by atoms with van der Waals surface area (Å²) < 4.78 is 10.3. The fourth-order valence-electron chi connectivity index (χ4n) is 2.01. The van der Waals surface area contributed by atoms with E-state index in [2.05, 4.69) is 10.1 Å². The van der Waals surface area contributed by atoms with Crippen molar-refractivity contribution in [1.82, 2.24) is 10.1 Å². The highest BCUT2D eigenvalue weighted by Crippen LogP contribution is 2.36. The highest BCUT2D eigenvalue weighted by Gasteiger charge is 2.16. The van der Waals surface area contributed by atoms with Gasteiger partial charge in [-0.15, -0.1) is 0 Å². The Hall–Kier alpha value is -2.82. The van der Waals surface area contributed by atoms with E-state index in [1.807, 2.05) is 31.2 Å². The zero-order valence-electron chi connectivity index (χ0n) is 11.7. The zero-order valence-corrected chi connectivity index (χ0v) is 11.7. The first-order valence-electron chi connectivity index (χ1n) is 6.46. The van der Waals surface area contributed by atoms with Gasteiger partial charge in [-0.2, -0.15) is 4.98 Å². The molecule has 0 radical (unpaired) electrons. The Morgan fingerprint density at radius 2 is 1.86 bits per heavy atom. The van der Waals surface area contributed by atoms with Crippen molar-refractivity contribution in [2.24, 2.45) is 0 Å². The summed E-state index contributed by atoms with van der Waals surface area (Å²) >= 11 is 0. The normalized spacial score (nSPS) is 10.6. The molecule has 0 amide bonds. The van der Waals surface area contributed by atoms with E-state index in [1.165, 1.54) is 7.11 Å². The van der Waals surface area contributed by atoms with E-state index in [0.717, 1.165) is 11.1 Å². The molecule has 3 aromatic rings. The predicted molar refractivity (Wildman–Crippen MR) is 78.1 cm³/mol. The predicted octanol–water partition coefficient (Wildman–Crippen LogP) is 3.43. The van der Waals surface area contributed by atoms with E-state index in [0.29, 0.717) is 17.1 Å². The zero-order chi connectivity index (χ0) is 14.8. The number of phenols is 1. The van der Waals surface area contributed by atoms with E-state index in [4.69, 9.17) is 9.26 Å². The van der Waals surface area contributed by atoms with Gasteiger partial charge in [0.1, 0.15) is 0 Å². The summed E-state index contributed by atoms with van der Waals surface area (Å²) in [6.45, 7) is 2.01. The number of para-hydroxylation sites is 1. The number of rotatable bonds is 3. The minimum Gasteiger partial charge on any atom is -0.504 e. The molecule has 5 heteroatoms. The van der Waals surface area contributed by atoms with Crippen molar-refractivity contribution in [3.05, 3.63) is 48.0 Å². The number of aromatic hydroxyl groups is 1. The lowest BCUT2D eigenvalue weighted by Crippen LogP contribution is -1.86. The molecule has 0 saturated carbocycles. The van der Waals surface area contributed by atoms with E-state index in [-0.39, 0.29) is 11.6 Å². The minimum absolute atomic E-state index is 0.0147. The maximum absolute atomic E-state index is 10.1. The maximum atomic E-state index is 10.1. The smallest absolute Gasteiger partial charge is 0.262 e. The summed E-state index contributed by atoms with van der Waals surface area (Å²) in [6, 6.07) is 12.9. The first-order valence-corrected chi connectivity index (χ1v) is 6.46. The van der Waals surface area contributed by atoms with Gasteiger partial charge in [0.15, 0.2) is 11.5 Å². The van der Waals surface area contributed by atoms with Crippen molar-refractivity contribution in [1.29, 1.82) is 0 Å². The molecule has 21 heavy (non-hydrogen) atoms. The lowest BCUT2D eigenvalue weighted by molar-refractivity contribution is 0.371. The quantitative estimate of drug-likeness (QED) is 0.797. The molecule has 1 N–H and O–H groups in total. The van der Waals surface area contributed by atoms with Crippen LogP contribution in [0.2, 0.25) is 0 Å². The Morgan fingerprint density at radius 3 is 2.57 bits per heavy atom. The van der Waals surface area contributed by atoms with Gasteiger partial charge in [0, 0.05) is 5.56 Å². The van der Waals surface area contributed by atoms with Crippen LogP contribution >= 0.6 is 0 Å². The molecule has 0 atom stereocenters. The second-order valence-electron chi connectivity index (χ2n) is 4.65. The Kier molecular flexibility index (Phi) is 3.31. The molecule has 0 unspecified atom stereocenters. The first kappa shape index (κ1) is 13.2. The van der Waals surface area contributed by atoms with Crippen LogP contribution in [0.15, 0.2) is 47.0 Å². The molecular formula is C16H14N2O3. The summed E-state index contributed by atoms with van der Waals surface area (Å²) in [5.74, 6) is 1.08. The number of aromatic nitrogens is 2. The van der Waals surface area contributed by atoms with Crippen molar-refractivity contribution >= 4 is 0 Å². The van der Waals surface area contributed by atoms with Gasteiger partial charge in [0.05, 0.1) is 12.7 Å². The lowest BCUT2D eigenvalue weighted by atomic mass is 10.1.